The molecule has 2 atom stereocenters. The summed E-state index contributed by atoms with van der Waals surface area (Å²) in [4.78, 5) is 1.93. The van der Waals surface area contributed by atoms with E-state index in [1.54, 1.807) is 30.3 Å². The Morgan fingerprint density at radius 1 is 1.00 bits per heavy atom. The smallest absolute Gasteiger partial charge is 0.264 e. The second kappa shape index (κ2) is 7.91. The molecule has 2 aromatic carbocycles. The topological polar surface area (TPSA) is 68.2 Å². The summed E-state index contributed by atoms with van der Waals surface area (Å²) in [5.41, 5.74) is 1.31. The average molecular weight is 365 g/mol. The molecule has 2 rings (SSSR count). The van der Waals surface area contributed by atoms with Crippen molar-refractivity contribution < 1.29 is 23.7 Å². The Balaban J connectivity index is 2.50. The number of rotatable bonds is 7. The maximum Gasteiger partial charge on any atom is 0.264 e. The summed E-state index contributed by atoms with van der Waals surface area (Å²) >= 11 is 0. The second-order valence-corrected chi connectivity index (χ2v) is 8.24. The number of hydrogen-bond donors (Lipinski definition) is 1. The molecule has 0 saturated heterocycles. The van der Waals surface area contributed by atoms with Gasteiger partial charge in [0.1, 0.15) is 11.5 Å². The fraction of sp³-hybridized carbons (Fsp3) is 0.333. The first-order chi connectivity index (χ1) is 11.9. The van der Waals surface area contributed by atoms with Crippen LogP contribution < -0.4 is 19.7 Å². The van der Waals surface area contributed by atoms with Gasteiger partial charge in [0.2, 0.25) is 0 Å². The van der Waals surface area contributed by atoms with Crippen molar-refractivity contribution in [3.05, 3.63) is 48.0 Å². The molecular weight excluding hydrogens is 341 g/mol. The Hall–Kier alpha value is -2.01. The highest BCUT2D eigenvalue weighted by atomic mass is 31.2. The van der Waals surface area contributed by atoms with Crippen molar-refractivity contribution in [3.63, 3.8) is 0 Å². The lowest BCUT2D eigenvalue weighted by Gasteiger charge is -2.25. The first-order valence-electron chi connectivity index (χ1n) is 7.70. The fourth-order valence-corrected chi connectivity index (χ4v) is 4.35. The SMILES string of the molecule is COc1ccc(OC)c([C@H](O)[P@@](=O)(OC)c2ccc(N(C)C)cc2)c1. The van der Waals surface area contributed by atoms with E-state index in [2.05, 4.69) is 0 Å². The summed E-state index contributed by atoms with van der Waals surface area (Å²) in [5.74, 6) is -0.441. The van der Waals surface area contributed by atoms with Crippen molar-refractivity contribution in [2.75, 3.05) is 40.3 Å². The maximum absolute atomic E-state index is 13.5. The van der Waals surface area contributed by atoms with Crippen molar-refractivity contribution in [1.82, 2.24) is 0 Å². The van der Waals surface area contributed by atoms with Crippen molar-refractivity contribution in [3.8, 4) is 11.5 Å². The van der Waals surface area contributed by atoms with Crippen LogP contribution in [0.5, 0.6) is 11.5 Å². The van der Waals surface area contributed by atoms with Gasteiger partial charge >= 0.3 is 0 Å². The van der Waals surface area contributed by atoms with E-state index in [4.69, 9.17) is 14.0 Å². The zero-order valence-electron chi connectivity index (χ0n) is 15.1. The van der Waals surface area contributed by atoms with Gasteiger partial charge in [-0.15, -0.1) is 0 Å². The summed E-state index contributed by atoms with van der Waals surface area (Å²) in [5, 5.41) is 11.3. The second-order valence-electron chi connectivity index (χ2n) is 5.67. The van der Waals surface area contributed by atoms with Crippen LogP contribution in [0.15, 0.2) is 42.5 Å². The van der Waals surface area contributed by atoms with E-state index in [-0.39, 0.29) is 0 Å². The first-order valence-corrected chi connectivity index (χ1v) is 9.40. The molecule has 0 bridgehead atoms. The average Bonchev–Trinajstić information content (AvgIpc) is 2.66. The van der Waals surface area contributed by atoms with Gasteiger partial charge in [-0.2, -0.15) is 0 Å². The van der Waals surface area contributed by atoms with Crippen molar-refractivity contribution in [2.45, 2.75) is 5.85 Å². The predicted octanol–water partition coefficient (Wildman–Crippen LogP) is 3.01. The predicted molar refractivity (Wildman–Crippen MR) is 99.5 cm³/mol. The number of nitrogens with zero attached hydrogens (tertiary/aromatic N) is 1. The van der Waals surface area contributed by atoms with Crippen LogP contribution in [-0.4, -0.2) is 40.5 Å². The Morgan fingerprint density at radius 2 is 1.64 bits per heavy atom. The van der Waals surface area contributed by atoms with Crippen LogP contribution in [0.2, 0.25) is 0 Å². The first kappa shape index (κ1) is 19.3. The third-order valence-corrected chi connectivity index (χ3v) is 6.52. The van der Waals surface area contributed by atoms with Crippen LogP contribution in [0.25, 0.3) is 0 Å². The minimum absolute atomic E-state index is 0.351. The molecule has 25 heavy (non-hydrogen) atoms. The molecule has 6 nitrogen and oxygen atoms in total. The summed E-state index contributed by atoms with van der Waals surface area (Å²) in [7, 11) is 4.59. The number of aliphatic hydroxyl groups excluding tert-OH is 1. The van der Waals surface area contributed by atoms with Gasteiger partial charge in [-0.05, 0) is 42.5 Å². The third kappa shape index (κ3) is 3.82. The van der Waals surface area contributed by atoms with Gasteiger partial charge in [0.25, 0.3) is 7.37 Å². The molecule has 0 unspecified atom stereocenters. The van der Waals surface area contributed by atoms with Crippen molar-refractivity contribution in [1.29, 1.82) is 0 Å². The van der Waals surface area contributed by atoms with Crippen LogP contribution in [0.4, 0.5) is 5.69 Å². The summed E-state index contributed by atoms with van der Waals surface area (Å²) < 4.78 is 29.2. The van der Waals surface area contributed by atoms with Crippen molar-refractivity contribution in [2.24, 2.45) is 0 Å². The largest absolute Gasteiger partial charge is 0.497 e. The molecule has 0 amide bonds. The highest BCUT2D eigenvalue weighted by Gasteiger charge is 2.37. The molecule has 0 aliphatic carbocycles. The van der Waals surface area contributed by atoms with Gasteiger partial charge in [0, 0.05) is 37.8 Å². The van der Waals surface area contributed by atoms with E-state index < -0.39 is 13.2 Å². The van der Waals surface area contributed by atoms with E-state index in [0.29, 0.717) is 22.4 Å². The van der Waals surface area contributed by atoms with Crippen LogP contribution in [0.3, 0.4) is 0 Å². The van der Waals surface area contributed by atoms with Gasteiger partial charge in [0.05, 0.1) is 14.2 Å². The van der Waals surface area contributed by atoms with E-state index >= 15 is 0 Å². The number of benzene rings is 2. The molecule has 2 aromatic rings. The number of anilines is 1. The van der Waals surface area contributed by atoms with Gasteiger partial charge < -0.3 is 24.0 Å². The normalized spacial score (nSPS) is 14.5. The van der Waals surface area contributed by atoms with Gasteiger partial charge in [-0.25, -0.2) is 0 Å². The van der Waals surface area contributed by atoms with Crippen LogP contribution >= 0.6 is 7.37 Å². The molecule has 0 radical (unpaired) electrons. The standard InChI is InChI=1S/C18H24NO5P/c1-19(2)13-6-9-15(10-7-13)25(21,24-5)18(20)16-12-14(22-3)8-11-17(16)23-4/h6-12,18,20H,1-5H3/t18-,25+/m1/s1. The minimum atomic E-state index is -3.58. The van der Waals surface area contributed by atoms with E-state index in [9.17, 15) is 9.67 Å². The number of methoxy groups -OCH3 is 2. The van der Waals surface area contributed by atoms with Crippen LogP contribution in [-0.2, 0) is 9.09 Å². The molecule has 0 fully saturated rings. The zero-order chi connectivity index (χ0) is 18.6. The third-order valence-electron chi connectivity index (χ3n) is 4.03. The number of hydrogen-bond acceptors (Lipinski definition) is 6. The van der Waals surface area contributed by atoms with Crippen LogP contribution in [0, 0.1) is 0 Å². The lowest BCUT2D eigenvalue weighted by atomic mass is 10.2. The molecule has 136 valence electrons. The number of aliphatic hydroxyl groups is 1. The molecule has 0 aliphatic rings. The van der Waals surface area contributed by atoms with E-state index in [1.807, 2.05) is 31.1 Å². The molecule has 1 N–H and O–H groups in total. The maximum atomic E-state index is 13.5. The Bertz CT molecular complexity index is 761. The van der Waals surface area contributed by atoms with Crippen LogP contribution in [0.1, 0.15) is 11.4 Å². The lowest BCUT2D eigenvalue weighted by molar-refractivity contribution is 0.223. The van der Waals surface area contributed by atoms with Crippen molar-refractivity contribution >= 4 is 18.4 Å². The van der Waals surface area contributed by atoms with Gasteiger partial charge in [-0.1, -0.05) is 0 Å². The molecule has 0 heterocycles. The highest BCUT2D eigenvalue weighted by molar-refractivity contribution is 7.67. The van der Waals surface area contributed by atoms with E-state index in [0.717, 1.165) is 5.69 Å². The number of ether oxygens (including phenoxy) is 2. The fourth-order valence-electron chi connectivity index (χ4n) is 2.53. The quantitative estimate of drug-likeness (QED) is 0.761. The summed E-state index contributed by atoms with van der Waals surface area (Å²) in [6, 6.07) is 12.0. The Morgan fingerprint density at radius 3 is 2.12 bits per heavy atom. The monoisotopic (exact) mass is 365 g/mol. The molecule has 0 aromatic heterocycles. The Labute approximate surface area is 148 Å². The van der Waals surface area contributed by atoms with Gasteiger partial charge in [0.15, 0.2) is 5.85 Å². The minimum Gasteiger partial charge on any atom is -0.497 e. The summed E-state index contributed by atoms with van der Waals surface area (Å²) in [6.07, 6.45) is 0. The lowest BCUT2D eigenvalue weighted by Crippen LogP contribution is -2.15. The summed E-state index contributed by atoms with van der Waals surface area (Å²) in [6.45, 7) is 0. The van der Waals surface area contributed by atoms with E-state index in [1.165, 1.54) is 21.3 Å². The molecular formula is C18H24NO5P. The Kier molecular flexibility index (Phi) is 6.11. The zero-order valence-corrected chi connectivity index (χ0v) is 16.0. The highest BCUT2D eigenvalue weighted by Crippen LogP contribution is 2.58. The molecule has 0 spiro atoms. The van der Waals surface area contributed by atoms with Gasteiger partial charge in [-0.3, -0.25) is 4.57 Å². The molecule has 7 heteroatoms. The molecule has 0 saturated carbocycles. The molecule has 0 aliphatic heterocycles.